The molecule has 3 atom stereocenters. The van der Waals surface area contributed by atoms with Crippen molar-refractivity contribution in [1.82, 2.24) is 5.32 Å². The minimum Gasteiger partial charge on any atom is -0.456 e. The molecule has 0 aromatic rings. The summed E-state index contributed by atoms with van der Waals surface area (Å²) in [5.41, 5.74) is 0. The summed E-state index contributed by atoms with van der Waals surface area (Å²) in [6.45, 7) is 7.05. The van der Waals surface area contributed by atoms with Gasteiger partial charge in [-0.25, -0.2) is 4.57 Å². The third kappa shape index (κ3) is 68.2. The second-order valence-corrected chi connectivity index (χ2v) is 28.6. The summed E-state index contributed by atoms with van der Waals surface area (Å²) in [5.74, 6) is -0.486. The Hall–Kier alpha value is -2.03. The Bertz CT molecular complexity index is 1620. The molecule has 0 rings (SSSR count). The highest BCUT2D eigenvalue weighted by Crippen LogP contribution is 2.43. The van der Waals surface area contributed by atoms with Crippen LogP contribution in [0.15, 0.2) is 48.6 Å². The molecule has 0 aliphatic rings. The van der Waals surface area contributed by atoms with Crippen LogP contribution < -0.4 is 5.32 Å². The smallest absolute Gasteiger partial charge is 0.456 e. The van der Waals surface area contributed by atoms with Crippen molar-refractivity contribution in [2.45, 2.75) is 392 Å². The zero-order valence-electron chi connectivity index (χ0n) is 58.8. The molecule has 3 unspecified atom stereocenters. The number of carbonyl (C=O) groups is 2. The lowest BCUT2D eigenvalue weighted by molar-refractivity contribution is -0.870. The van der Waals surface area contributed by atoms with Crippen LogP contribution in [0.1, 0.15) is 380 Å². The molecule has 0 fully saturated rings. The summed E-state index contributed by atoms with van der Waals surface area (Å²) in [5, 5.41) is 3.08. The van der Waals surface area contributed by atoms with Gasteiger partial charge in [0.1, 0.15) is 19.3 Å². The normalized spacial score (nSPS) is 13.7. The number of hydrogen-bond acceptors (Lipinski definition) is 6. The molecule has 0 saturated carbocycles. The number of nitrogens with zero attached hydrogens (tertiary/aromatic N) is 1. The predicted molar refractivity (Wildman–Crippen MR) is 379 cm³/mol. The van der Waals surface area contributed by atoms with Crippen molar-refractivity contribution in [3.63, 3.8) is 0 Å². The predicted octanol–water partition coefficient (Wildman–Crippen LogP) is 24.4. The van der Waals surface area contributed by atoms with Gasteiger partial charge >= 0.3 is 13.8 Å². The number of phosphoric ester groups is 1. The van der Waals surface area contributed by atoms with Crippen LogP contribution in [0.25, 0.3) is 0 Å². The van der Waals surface area contributed by atoms with E-state index < -0.39 is 20.0 Å². The zero-order chi connectivity index (χ0) is 63.5. The van der Waals surface area contributed by atoms with Crippen molar-refractivity contribution < 1.29 is 37.3 Å². The summed E-state index contributed by atoms with van der Waals surface area (Å²) in [7, 11) is 1.51. The molecule has 87 heavy (non-hydrogen) atoms. The Kier molecular flexibility index (Phi) is 65.3. The van der Waals surface area contributed by atoms with E-state index in [1.807, 2.05) is 27.2 Å². The largest absolute Gasteiger partial charge is 0.472 e. The van der Waals surface area contributed by atoms with E-state index >= 15 is 0 Å². The number of esters is 1. The van der Waals surface area contributed by atoms with Gasteiger partial charge in [0.2, 0.25) is 5.91 Å². The fraction of sp³-hybridized carbons (Fsp3) is 0.870. The molecule has 0 aliphatic heterocycles. The second-order valence-electron chi connectivity index (χ2n) is 27.2. The van der Waals surface area contributed by atoms with Crippen LogP contribution in [0.4, 0.5) is 0 Å². The van der Waals surface area contributed by atoms with Crippen LogP contribution in [0.5, 0.6) is 0 Å². The molecule has 512 valence electrons. The fourth-order valence-corrected chi connectivity index (χ4v) is 12.1. The third-order valence-corrected chi connectivity index (χ3v) is 18.2. The number of likely N-dealkylation sites (N-methyl/N-ethyl adjacent to an activating group) is 1. The number of rotatable bonds is 70. The van der Waals surface area contributed by atoms with E-state index in [-0.39, 0.29) is 25.1 Å². The molecule has 0 aromatic heterocycles. The maximum Gasteiger partial charge on any atom is 0.472 e. The topological polar surface area (TPSA) is 111 Å². The molecular weight excluding hydrogens is 1100 g/mol. The molecule has 0 heterocycles. The van der Waals surface area contributed by atoms with Crippen molar-refractivity contribution in [3.8, 4) is 0 Å². The number of amides is 1. The monoisotopic (exact) mass is 1240 g/mol. The summed E-state index contributed by atoms with van der Waals surface area (Å²) in [6, 6.07) is -0.848. The van der Waals surface area contributed by atoms with Gasteiger partial charge in [-0.1, -0.05) is 327 Å². The molecule has 0 saturated heterocycles. The average molecular weight is 1250 g/mol. The quantitative estimate of drug-likeness (QED) is 0.0205. The minimum absolute atomic E-state index is 0.0420. The fourth-order valence-electron chi connectivity index (χ4n) is 11.4. The summed E-state index contributed by atoms with van der Waals surface area (Å²) < 4.78 is 30.9. The lowest BCUT2D eigenvalue weighted by Crippen LogP contribution is -2.47. The van der Waals surface area contributed by atoms with Gasteiger partial charge in [-0.2, -0.15) is 0 Å². The molecule has 1 amide bonds. The first-order valence-corrected chi connectivity index (χ1v) is 39.5. The van der Waals surface area contributed by atoms with Crippen LogP contribution in [-0.2, 0) is 27.9 Å². The maximum absolute atomic E-state index is 13.6. The number of hydrogen-bond donors (Lipinski definition) is 2. The number of allylic oxidation sites excluding steroid dienone is 7. The molecule has 0 radical (unpaired) electrons. The maximum atomic E-state index is 13.6. The first-order chi connectivity index (χ1) is 42.4. The first-order valence-electron chi connectivity index (χ1n) is 38.0. The van der Waals surface area contributed by atoms with E-state index in [0.717, 1.165) is 64.2 Å². The molecule has 0 spiro atoms. The van der Waals surface area contributed by atoms with Crippen LogP contribution in [0, 0.1) is 0 Å². The summed E-state index contributed by atoms with van der Waals surface area (Å²) in [4.78, 5) is 38.0. The summed E-state index contributed by atoms with van der Waals surface area (Å²) in [6.07, 6.45) is 85.6. The Labute approximate surface area is 541 Å². The Morgan fingerprint density at radius 1 is 0.402 bits per heavy atom. The number of phosphoric acid groups is 1. The van der Waals surface area contributed by atoms with Crippen LogP contribution >= 0.6 is 7.82 Å². The highest BCUT2D eigenvalue weighted by atomic mass is 31.2. The van der Waals surface area contributed by atoms with Gasteiger partial charge in [0, 0.05) is 12.8 Å². The molecule has 2 N–H and O–H groups in total. The van der Waals surface area contributed by atoms with Crippen LogP contribution in [0.3, 0.4) is 0 Å². The van der Waals surface area contributed by atoms with Gasteiger partial charge in [-0.05, 0) is 89.5 Å². The van der Waals surface area contributed by atoms with E-state index in [0.29, 0.717) is 23.9 Å². The van der Waals surface area contributed by atoms with Crippen molar-refractivity contribution in [3.05, 3.63) is 48.6 Å². The Morgan fingerprint density at radius 3 is 1.07 bits per heavy atom. The van der Waals surface area contributed by atoms with Crippen molar-refractivity contribution in [2.75, 3.05) is 40.9 Å². The van der Waals surface area contributed by atoms with Crippen molar-refractivity contribution in [1.29, 1.82) is 0 Å². The molecular formula is C77H148N2O7P+. The Morgan fingerprint density at radius 2 is 0.701 bits per heavy atom. The number of ether oxygens (including phenoxy) is 1. The van der Waals surface area contributed by atoms with E-state index in [1.165, 1.54) is 283 Å². The lowest BCUT2D eigenvalue weighted by Gasteiger charge is -2.27. The first kappa shape index (κ1) is 85.0. The Balaban J connectivity index is 5.01. The number of nitrogens with one attached hydrogen (secondary N) is 1. The second kappa shape index (κ2) is 66.9. The van der Waals surface area contributed by atoms with Gasteiger partial charge in [0.25, 0.3) is 0 Å². The summed E-state index contributed by atoms with van der Waals surface area (Å²) >= 11 is 0. The molecule has 0 aromatic carbocycles. The van der Waals surface area contributed by atoms with E-state index in [4.69, 9.17) is 13.8 Å². The van der Waals surface area contributed by atoms with Gasteiger partial charge in [0.15, 0.2) is 0 Å². The van der Waals surface area contributed by atoms with Gasteiger partial charge < -0.3 is 19.4 Å². The average Bonchev–Trinajstić information content (AvgIpc) is 3.69. The van der Waals surface area contributed by atoms with Gasteiger partial charge in [-0.15, -0.1) is 0 Å². The number of carbonyl (C=O) groups excluding carboxylic acids is 2. The highest BCUT2D eigenvalue weighted by molar-refractivity contribution is 7.47. The third-order valence-electron chi connectivity index (χ3n) is 17.2. The van der Waals surface area contributed by atoms with E-state index in [1.54, 1.807) is 0 Å². The molecule has 10 heteroatoms. The molecule has 9 nitrogen and oxygen atoms in total. The minimum atomic E-state index is -4.46. The van der Waals surface area contributed by atoms with Crippen LogP contribution in [0.2, 0.25) is 0 Å². The van der Waals surface area contributed by atoms with Crippen molar-refractivity contribution >= 4 is 19.7 Å². The molecule has 0 bridgehead atoms. The van der Waals surface area contributed by atoms with Crippen molar-refractivity contribution in [2.24, 2.45) is 0 Å². The van der Waals surface area contributed by atoms with Gasteiger partial charge in [-0.3, -0.25) is 18.6 Å². The number of quaternary nitrogens is 1. The van der Waals surface area contributed by atoms with Crippen LogP contribution in [-0.4, -0.2) is 74.3 Å². The lowest BCUT2D eigenvalue weighted by atomic mass is 10.0. The zero-order valence-corrected chi connectivity index (χ0v) is 59.7. The standard InChI is InChI=1S/C77H147N2O7P/c1-7-10-13-16-19-22-25-28-30-32-34-36-38-39-41-43-45-47-49-52-55-58-61-64-67-70-77(81)86-75(68-65-62-59-56-53-50-27-24-21-18-15-12-9-3)74(73-85-87(82,83)84-72-71-79(4,5)6)78-76(80)69-66-63-60-57-54-51-48-46-44-42-40-37-35-33-31-29-26-23-20-17-14-11-8-2/h20,23,28-31,65,68,74-75H,7-19,21-22,24-27,32-64,66-67,69-73H2,1-6H3,(H-,78,80,82,83)/p+1/b23-20-,30-28+,31-29-,68-65+. The SMILES string of the molecule is CCCCC/C=C\C/C=C\CCCCCCCCCCCCCCCC(=O)NC(COP(=O)(O)OCC[N+](C)(C)C)C(/C=C/CCCCCCCCCCCCC)OC(=O)CCCCCCCCCCCCCCCCC/C=C/CCCCCCCC. The van der Waals surface area contributed by atoms with Gasteiger partial charge in [0.05, 0.1) is 33.8 Å². The van der Waals surface area contributed by atoms with E-state index in [2.05, 4.69) is 68.6 Å². The molecule has 0 aliphatic carbocycles. The van der Waals surface area contributed by atoms with E-state index in [9.17, 15) is 19.0 Å². The highest BCUT2D eigenvalue weighted by Gasteiger charge is 2.30. The number of unbranched alkanes of at least 4 members (excludes halogenated alkanes) is 48.